The summed E-state index contributed by atoms with van der Waals surface area (Å²) < 4.78 is 39.1. The number of aromatic nitrogens is 2. The van der Waals surface area contributed by atoms with E-state index in [1.165, 1.54) is 10.4 Å². The molecule has 1 fully saturated rings. The van der Waals surface area contributed by atoms with Gasteiger partial charge in [-0.1, -0.05) is 18.2 Å². The van der Waals surface area contributed by atoms with Crippen molar-refractivity contribution in [1.82, 2.24) is 25.3 Å². The summed E-state index contributed by atoms with van der Waals surface area (Å²) in [6, 6.07) is 10.2. The molecule has 0 saturated carbocycles. The van der Waals surface area contributed by atoms with Crippen molar-refractivity contribution < 1.29 is 22.6 Å². The molecule has 198 valence electrons. The lowest BCUT2D eigenvalue weighted by Gasteiger charge is -2.29. The molecule has 2 N–H and O–H groups in total. The molecule has 2 aliphatic heterocycles. The van der Waals surface area contributed by atoms with Crippen LogP contribution in [-0.4, -0.2) is 53.7 Å². The van der Waals surface area contributed by atoms with Crippen LogP contribution in [0.4, 0.5) is 0 Å². The molecule has 5 rings (SSSR count). The van der Waals surface area contributed by atoms with E-state index < -0.39 is 16.1 Å². The number of fused-ring (bicyclic) bond motifs is 2. The van der Waals surface area contributed by atoms with Crippen molar-refractivity contribution in [3.05, 3.63) is 47.5 Å². The van der Waals surface area contributed by atoms with Gasteiger partial charge in [-0.25, -0.2) is 13.0 Å². The maximum atomic E-state index is 13.5. The highest BCUT2D eigenvalue weighted by Crippen LogP contribution is 2.34. The van der Waals surface area contributed by atoms with Crippen molar-refractivity contribution in [2.75, 3.05) is 13.2 Å². The third-order valence-corrected chi connectivity index (χ3v) is 8.84. The van der Waals surface area contributed by atoms with Crippen LogP contribution in [0, 0.1) is 0 Å². The number of hydrogen-bond acceptors (Lipinski definition) is 8. The van der Waals surface area contributed by atoms with E-state index >= 15 is 0 Å². The monoisotopic (exact) mass is 527 g/mol. The first kappa shape index (κ1) is 25.6. The smallest absolute Gasteiger partial charge is 0.245 e. The number of ether oxygens (including phenoxy) is 1. The van der Waals surface area contributed by atoms with Gasteiger partial charge in [0.2, 0.25) is 15.9 Å². The van der Waals surface area contributed by atoms with E-state index in [-0.39, 0.29) is 34.3 Å². The van der Waals surface area contributed by atoms with E-state index in [1.54, 1.807) is 12.1 Å². The van der Waals surface area contributed by atoms with E-state index in [2.05, 4.69) is 47.8 Å². The fourth-order valence-electron chi connectivity index (χ4n) is 4.97. The lowest BCUT2D eigenvalue weighted by molar-refractivity contribution is -0.122. The predicted octanol–water partition coefficient (Wildman–Crippen LogP) is 3.29. The molecule has 2 atom stereocenters. The molecule has 3 heterocycles. The number of amides is 1. The molecule has 0 radical (unpaired) electrons. The van der Waals surface area contributed by atoms with Crippen molar-refractivity contribution in [2.24, 2.45) is 0 Å². The van der Waals surface area contributed by atoms with Crippen LogP contribution in [0.15, 0.2) is 45.9 Å². The zero-order chi connectivity index (χ0) is 26.2. The number of rotatable bonds is 7. The molecule has 37 heavy (non-hydrogen) atoms. The van der Waals surface area contributed by atoms with E-state index in [4.69, 9.17) is 9.37 Å². The lowest BCUT2D eigenvalue weighted by Crippen LogP contribution is -2.40. The van der Waals surface area contributed by atoms with Gasteiger partial charge in [-0.2, -0.15) is 4.31 Å². The van der Waals surface area contributed by atoms with Crippen LogP contribution >= 0.6 is 0 Å². The highest BCUT2D eigenvalue weighted by atomic mass is 32.2. The molecule has 2 aliphatic rings. The zero-order valence-corrected chi connectivity index (χ0v) is 22.2. The van der Waals surface area contributed by atoms with Crippen molar-refractivity contribution in [3.63, 3.8) is 0 Å². The Morgan fingerprint density at radius 3 is 2.81 bits per heavy atom. The second-order valence-corrected chi connectivity index (χ2v) is 12.6. The standard InChI is InChI=1S/C26H33N5O5S/c1-26(2,3)27-16-17-9-10-19-20(11-13-35-22(19)14-17)28-24(32)15-18-6-5-12-31(18)37(33,34)23-8-4-7-21-25(23)30-36-29-21/h4,7-10,14,18,20,27H,5-6,11-13,15-16H2,1-3H3,(H,28,32)/t18-,20?/m0/s1. The van der Waals surface area contributed by atoms with Crippen molar-refractivity contribution in [2.45, 2.75) is 75.5 Å². The van der Waals surface area contributed by atoms with E-state index in [1.807, 2.05) is 12.1 Å². The summed E-state index contributed by atoms with van der Waals surface area (Å²) in [6.07, 6.45) is 2.06. The van der Waals surface area contributed by atoms with Crippen LogP contribution in [0.1, 0.15) is 63.6 Å². The van der Waals surface area contributed by atoms with Crippen LogP contribution in [0.25, 0.3) is 11.0 Å². The highest BCUT2D eigenvalue weighted by Gasteiger charge is 2.38. The van der Waals surface area contributed by atoms with Gasteiger partial charge in [0.05, 0.1) is 12.6 Å². The SMILES string of the molecule is CC(C)(C)NCc1ccc2c(c1)OCCC2NC(=O)C[C@@H]1CCCN1S(=O)(=O)c1cccc2nonc12. The van der Waals surface area contributed by atoms with Gasteiger partial charge in [-0.15, -0.1) is 0 Å². The van der Waals surface area contributed by atoms with Crippen LogP contribution in [-0.2, 0) is 21.4 Å². The maximum absolute atomic E-state index is 13.5. The molecule has 1 amide bonds. The Kier molecular flexibility index (Phi) is 6.95. The molecule has 3 aromatic rings. The summed E-state index contributed by atoms with van der Waals surface area (Å²) in [5.41, 5.74) is 2.65. The fourth-order valence-corrected chi connectivity index (χ4v) is 6.81. The molecule has 11 heteroatoms. The van der Waals surface area contributed by atoms with Gasteiger partial charge < -0.3 is 15.4 Å². The molecule has 1 unspecified atom stereocenters. The first-order chi connectivity index (χ1) is 17.6. The van der Waals surface area contributed by atoms with Gasteiger partial charge in [-0.3, -0.25) is 4.79 Å². The van der Waals surface area contributed by atoms with Crippen LogP contribution in [0.5, 0.6) is 5.75 Å². The Balaban J connectivity index is 1.27. The molecular weight excluding hydrogens is 494 g/mol. The summed E-state index contributed by atoms with van der Waals surface area (Å²) >= 11 is 0. The minimum absolute atomic E-state index is 0.00725. The molecule has 0 spiro atoms. The average molecular weight is 528 g/mol. The molecule has 1 saturated heterocycles. The minimum atomic E-state index is -3.87. The molecule has 2 aromatic carbocycles. The Morgan fingerprint density at radius 2 is 2.00 bits per heavy atom. The number of hydrogen-bond donors (Lipinski definition) is 2. The largest absolute Gasteiger partial charge is 0.493 e. The molecule has 0 aliphatic carbocycles. The highest BCUT2D eigenvalue weighted by molar-refractivity contribution is 7.89. The topological polar surface area (TPSA) is 127 Å². The van der Waals surface area contributed by atoms with Gasteiger partial charge in [0, 0.05) is 43.1 Å². The zero-order valence-electron chi connectivity index (χ0n) is 21.4. The predicted molar refractivity (Wildman–Crippen MR) is 137 cm³/mol. The van der Waals surface area contributed by atoms with Gasteiger partial charge in [0.15, 0.2) is 5.52 Å². The van der Waals surface area contributed by atoms with Gasteiger partial charge in [-0.05, 0) is 67.7 Å². The molecule has 1 aromatic heterocycles. The van der Waals surface area contributed by atoms with Crippen molar-refractivity contribution >= 4 is 27.0 Å². The van der Waals surface area contributed by atoms with E-state index in [0.29, 0.717) is 37.9 Å². The van der Waals surface area contributed by atoms with Crippen LogP contribution in [0.2, 0.25) is 0 Å². The number of carbonyl (C=O) groups excluding carboxylic acids is 1. The minimum Gasteiger partial charge on any atom is -0.493 e. The first-order valence-corrected chi connectivity index (χ1v) is 14.1. The summed E-state index contributed by atoms with van der Waals surface area (Å²) in [5.74, 6) is 0.605. The molecule has 10 nitrogen and oxygen atoms in total. The fraction of sp³-hybridized carbons (Fsp3) is 0.500. The number of sulfonamides is 1. The first-order valence-electron chi connectivity index (χ1n) is 12.6. The normalized spacial score (nSPS) is 20.5. The summed E-state index contributed by atoms with van der Waals surface area (Å²) in [4.78, 5) is 13.2. The number of carbonyl (C=O) groups is 1. The van der Waals surface area contributed by atoms with E-state index in [9.17, 15) is 13.2 Å². The summed E-state index contributed by atoms with van der Waals surface area (Å²) in [6.45, 7) is 7.95. The quantitative estimate of drug-likeness (QED) is 0.479. The second-order valence-electron chi connectivity index (χ2n) is 10.7. The van der Waals surface area contributed by atoms with Gasteiger partial charge in [0.25, 0.3) is 0 Å². The number of nitrogens with one attached hydrogen (secondary N) is 2. The van der Waals surface area contributed by atoms with Crippen LogP contribution < -0.4 is 15.4 Å². The Bertz CT molecular complexity index is 1400. The van der Waals surface area contributed by atoms with E-state index in [0.717, 1.165) is 23.4 Å². The summed E-state index contributed by atoms with van der Waals surface area (Å²) in [5, 5.41) is 14.1. The maximum Gasteiger partial charge on any atom is 0.245 e. The Labute approximate surface area is 216 Å². The Hall–Kier alpha value is -3.02. The van der Waals surface area contributed by atoms with Crippen molar-refractivity contribution in [1.29, 1.82) is 0 Å². The Morgan fingerprint density at radius 1 is 1.16 bits per heavy atom. The third-order valence-electron chi connectivity index (χ3n) is 6.86. The average Bonchev–Trinajstić information content (AvgIpc) is 3.52. The van der Waals surface area contributed by atoms with Gasteiger partial charge >= 0.3 is 0 Å². The van der Waals surface area contributed by atoms with Crippen LogP contribution in [0.3, 0.4) is 0 Å². The molecule has 0 bridgehead atoms. The number of nitrogens with zero attached hydrogens (tertiary/aromatic N) is 3. The lowest BCUT2D eigenvalue weighted by atomic mass is 9.98. The number of benzene rings is 2. The molecular formula is C26H33N5O5S. The second kappa shape index (κ2) is 10.0. The van der Waals surface area contributed by atoms with Gasteiger partial charge in [0.1, 0.15) is 16.2 Å². The van der Waals surface area contributed by atoms with Crippen molar-refractivity contribution in [3.8, 4) is 5.75 Å². The third kappa shape index (κ3) is 5.48. The summed E-state index contributed by atoms with van der Waals surface area (Å²) in [7, 11) is -3.87.